The molecule has 1 atom stereocenters. The topological polar surface area (TPSA) is 84.5 Å². The minimum atomic E-state index is -1.07. The zero-order valence-electron chi connectivity index (χ0n) is 14.2. The highest BCUT2D eigenvalue weighted by Gasteiger charge is 2.20. The minimum Gasteiger partial charge on any atom is -0.452 e. The SMILES string of the molecule is CC(OC(=O)Cc1ccc(Br)cc1)C(=O)NC(=O)NCc1ccccc1. The zero-order chi connectivity index (χ0) is 18.9. The van der Waals surface area contributed by atoms with Gasteiger partial charge in [0.2, 0.25) is 0 Å². The zero-order valence-corrected chi connectivity index (χ0v) is 15.8. The number of nitrogens with one attached hydrogen (secondary N) is 2. The van der Waals surface area contributed by atoms with E-state index >= 15 is 0 Å². The molecule has 0 spiro atoms. The molecule has 0 saturated carbocycles. The van der Waals surface area contributed by atoms with Crippen LogP contribution in [0, 0.1) is 0 Å². The van der Waals surface area contributed by atoms with Crippen LogP contribution >= 0.6 is 15.9 Å². The second-order valence-electron chi connectivity index (χ2n) is 5.59. The molecule has 26 heavy (non-hydrogen) atoms. The number of amides is 3. The third-order valence-corrected chi connectivity index (χ3v) is 4.00. The number of benzene rings is 2. The Labute approximate surface area is 160 Å². The molecule has 1 unspecified atom stereocenters. The van der Waals surface area contributed by atoms with Gasteiger partial charge < -0.3 is 10.1 Å². The van der Waals surface area contributed by atoms with Gasteiger partial charge in [-0.15, -0.1) is 0 Å². The average molecular weight is 419 g/mol. The van der Waals surface area contributed by atoms with Crippen LogP contribution in [0.15, 0.2) is 59.1 Å². The predicted octanol–water partition coefficient (Wildman–Crippen LogP) is 2.95. The van der Waals surface area contributed by atoms with Gasteiger partial charge in [0.25, 0.3) is 5.91 Å². The summed E-state index contributed by atoms with van der Waals surface area (Å²) in [5, 5.41) is 4.72. The van der Waals surface area contributed by atoms with E-state index in [9.17, 15) is 14.4 Å². The summed E-state index contributed by atoms with van der Waals surface area (Å²) in [7, 11) is 0. The van der Waals surface area contributed by atoms with Crippen LogP contribution in [0.3, 0.4) is 0 Å². The lowest BCUT2D eigenvalue weighted by Gasteiger charge is -2.13. The van der Waals surface area contributed by atoms with Gasteiger partial charge in [-0.25, -0.2) is 4.79 Å². The number of hydrogen-bond acceptors (Lipinski definition) is 4. The molecule has 0 aliphatic rings. The van der Waals surface area contributed by atoms with Crippen LogP contribution in [-0.2, 0) is 27.3 Å². The van der Waals surface area contributed by atoms with E-state index < -0.39 is 24.0 Å². The molecule has 0 aliphatic heterocycles. The molecule has 0 radical (unpaired) electrons. The number of urea groups is 1. The second kappa shape index (κ2) is 9.72. The molecule has 2 N–H and O–H groups in total. The normalized spacial score (nSPS) is 11.3. The number of imide groups is 1. The molecular formula is C19H19BrN2O4. The molecular weight excluding hydrogens is 400 g/mol. The first-order valence-electron chi connectivity index (χ1n) is 8.00. The molecule has 0 bridgehead atoms. The number of ether oxygens (including phenoxy) is 1. The van der Waals surface area contributed by atoms with Crippen LogP contribution < -0.4 is 10.6 Å². The number of hydrogen-bond donors (Lipinski definition) is 2. The van der Waals surface area contributed by atoms with Gasteiger partial charge >= 0.3 is 12.0 Å². The number of carbonyl (C=O) groups excluding carboxylic acids is 3. The number of esters is 1. The average Bonchev–Trinajstić information content (AvgIpc) is 2.62. The quantitative estimate of drug-likeness (QED) is 0.706. The van der Waals surface area contributed by atoms with E-state index in [-0.39, 0.29) is 13.0 Å². The van der Waals surface area contributed by atoms with Gasteiger partial charge in [0, 0.05) is 11.0 Å². The highest BCUT2D eigenvalue weighted by atomic mass is 79.9. The maximum atomic E-state index is 11.9. The van der Waals surface area contributed by atoms with Crippen LogP contribution in [0.4, 0.5) is 4.79 Å². The smallest absolute Gasteiger partial charge is 0.321 e. The summed E-state index contributed by atoms with van der Waals surface area (Å²) in [6, 6.07) is 15.8. The molecule has 0 heterocycles. The minimum absolute atomic E-state index is 0.0467. The third-order valence-electron chi connectivity index (χ3n) is 3.47. The van der Waals surface area contributed by atoms with Crippen LogP contribution in [-0.4, -0.2) is 24.0 Å². The van der Waals surface area contributed by atoms with Gasteiger partial charge in [0.05, 0.1) is 6.42 Å². The Morgan fingerprint density at radius 1 is 1.00 bits per heavy atom. The Bertz CT molecular complexity index is 763. The molecule has 2 aromatic rings. The summed E-state index contributed by atoms with van der Waals surface area (Å²) in [6.45, 7) is 1.71. The molecule has 6 nitrogen and oxygen atoms in total. The number of halogens is 1. The summed E-state index contributed by atoms with van der Waals surface area (Å²) >= 11 is 3.31. The molecule has 7 heteroatoms. The van der Waals surface area contributed by atoms with Crippen molar-refractivity contribution in [3.63, 3.8) is 0 Å². The van der Waals surface area contributed by atoms with Gasteiger partial charge in [0.1, 0.15) is 0 Å². The lowest BCUT2D eigenvalue weighted by molar-refractivity contribution is -0.153. The van der Waals surface area contributed by atoms with Crippen molar-refractivity contribution in [2.45, 2.75) is 26.0 Å². The van der Waals surface area contributed by atoms with Crippen molar-refractivity contribution in [1.82, 2.24) is 10.6 Å². The summed E-state index contributed by atoms with van der Waals surface area (Å²) in [6.07, 6.45) is -1.02. The molecule has 2 rings (SSSR count). The maximum Gasteiger partial charge on any atom is 0.321 e. The van der Waals surface area contributed by atoms with E-state index in [1.165, 1.54) is 6.92 Å². The first-order valence-corrected chi connectivity index (χ1v) is 8.80. The van der Waals surface area contributed by atoms with Crippen molar-refractivity contribution in [2.24, 2.45) is 0 Å². The van der Waals surface area contributed by atoms with Gasteiger partial charge in [-0.1, -0.05) is 58.4 Å². The van der Waals surface area contributed by atoms with E-state index in [2.05, 4.69) is 26.6 Å². The van der Waals surface area contributed by atoms with Crippen molar-refractivity contribution >= 4 is 33.8 Å². The Hall–Kier alpha value is -2.67. The molecule has 0 saturated heterocycles. The van der Waals surface area contributed by atoms with Gasteiger partial charge in [-0.2, -0.15) is 0 Å². The second-order valence-corrected chi connectivity index (χ2v) is 6.51. The van der Waals surface area contributed by atoms with Crippen molar-refractivity contribution in [3.8, 4) is 0 Å². The molecule has 136 valence electrons. The highest BCUT2D eigenvalue weighted by molar-refractivity contribution is 9.10. The van der Waals surface area contributed by atoms with Gasteiger partial charge in [-0.05, 0) is 30.2 Å². The monoisotopic (exact) mass is 418 g/mol. The first kappa shape index (κ1) is 19.7. The number of rotatable bonds is 6. The largest absolute Gasteiger partial charge is 0.452 e. The van der Waals surface area contributed by atoms with Gasteiger partial charge in [0.15, 0.2) is 6.10 Å². The van der Waals surface area contributed by atoms with Crippen LogP contribution in [0.2, 0.25) is 0 Å². The number of carbonyl (C=O) groups is 3. The Balaban J connectivity index is 1.74. The Kier molecular flexibility index (Phi) is 7.35. The van der Waals surface area contributed by atoms with Crippen molar-refractivity contribution in [2.75, 3.05) is 0 Å². The summed E-state index contributed by atoms with van der Waals surface area (Å²) < 4.78 is 5.97. The van der Waals surface area contributed by atoms with E-state index in [1.807, 2.05) is 42.5 Å². The summed E-state index contributed by atoms with van der Waals surface area (Å²) in [4.78, 5) is 35.6. The fraction of sp³-hybridized carbons (Fsp3) is 0.211. The standard InChI is InChI=1S/C19H19BrN2O4/c1-13(26-17(23)11-14-7-9-16(20)10-8-14)18(24)22-19(25)21-12-15-5-3-2-4-6-15/h2-10,13H,11-12H2,1H3,(H2,21,22,24,25). The molecule has 2 aromatic carbocycles. The molecule has 3 amide bonds. The first-order chi connectivity index (χ1) is 12.4. The van der Waals surface area contributed by atoms with Crippen molar-refractivity contribution in [1.29, 1.82) is 0 Å². The Morgan fingerprint density at radius 3 is 2.31 bits per heavy atom. The van der Waals surface area contributed by atoms with E-state index in [0.29, 0.717) is 0 Å². The summed E-state index contributed by atoms with van der Waals surface area (Å²) in [5.41, 5.74) is 1.68. The molecule has 0 aromatic heterocycles. The van der Waals surface area contributed by atoms with Crippen molar-refractivity contribution < 1.29 is 19.1 Å². The fourth-order valence-electron chi connectivity index (χ4n) is 2.10. The Morgan fingerprint density at radius 2 is 1.65 bits per heavy atom. The predicted molar refractivity (Wildman–Crippen MR) is 100 cm³/mol. The van der Waals surface area contributed by atoms with E-state index in [4.69, 9.17) is 4.74 Å². The lowest BCUT2D eigenvalue weighted by atomic mass is 10.1. The lowest BCUT2D eigenvalue weighted by Crippen LogP contribution is -2.44. The van der Waals surface area contributed by atoms with Gasteiger partial charge in [-0.3, -0.25) is 14.9 Å². The third kappa shape index (κ3) is 6.68. The summed E-state index contributed by atoms with van der Waals surface area (Å²) in [5.74, 6) is -1.22. The van der Waals surface area contributed by atoms with Crippen LogP contribution in [0.1, 0.15) is 18.1 Å². The van der Waals surface area contributed by atoms with Crippen molar-refractivity contribution in [3.05, 3.63) is 70.2 Å². The van der Waals surface area contributed by atoms with E-state index in [1.54, 1.807) is 12.1 Å². The molecule has 0 fully saturated rings. The fourth-order valence-corrected chi connectivity index (χ4v) is 2.36. The van der Waals surface area contributed by atoms with Crippen LogP contribution in [0.25, 0.3) is 0 Å². The highest BCUT2D eigenvalue weighted by Crippen LogP contribution is 2.11. The van der Waals surface area contributed by atoms with Crippen LogP contribution in [0.5, 0.6) is 0 Å². The van der Waals surface area contributed by atoms with E-state index in [0.717, 1.165) is 15.6 Å². The molecule has 0 aliphatic carbocycles. The maximum absolute atomic E-state index is 11.9.